The highest BCUT2D eigenvalue weighted by Gasteiger charge is 2.19. The third kappa shape index (κ3) is 3.13. The minimum Gasteiger partial charge on any atom is -0.494 e. The second-order valence-electron chi connectivity index (χ2n) is 4.86. The number of hydrogen-bond donors (Lipinski definition) is 0. The van der Waals surface area contributed by atoms with Gasteiger partial charge in [0.2, 0.25) is 0 Å². The van der Waals surface area contributed by atoms with Crippen LogP contribution < -0.4 is 4.74 Å². The summed E-state index contributed by atoms with van der Waals surface area (Å²) < 4.78 is 19.7. The second kappa shape index (κ2) is 6.27. The van der Waals surface area contributed by atoms with Crippen LogP contribution in [0.1, 0.15) is 34.6 Å². The predicted molar refractivity (Wildman–Crippen MR) is 81.2 cm³/mol. The number of ether oxygens (including phenoxy) is 1. The number of halogens is 2. The Morgan fingerprint density at radius 2 is 1.70 bits per heavy atom. The molecule has 0 amide bonds. The van der Waals surface area contributed by atoms with E-state index in [-0.39, 0.29) is 5.82 Å². The second-order valence-corrected chi connectivity index (χ2v) is 5.30. The molecule has 0 saturated carbocycles. The summed E-state index contributed by atoms with van der Waals surface area (Å²) in [7, 11) is 0. The van der Waals surface area contributed by atoms with Crippen molar-refractivity contribution in [1.29, 1.82) is 0 Å². The molecule has 1 nitrogen and oxygen atoms in total. The molecule has 106 valence electrons. The van der Waals surface area contributed by atoms with Crippen molar-refractivity contribution in [2.24, 2.45) is 0 Å². The van der Waals surface area contributed by atoms with Crippen LogP contribution >= 0.6 is 11.6 Å². The minimum atomic E-state index is -0.558. The molecule has 0 bridgehead atoms. The van der Waals surface area contributed by atoms with Gasteiger partial charge in [0.05, 0.1) is 12.0 Å². The molecule has 1 unspecified atom stereocenters. The van der Waals surface area contributed by atoms with Crippen molar-refractivity contribution in [3.8, 4) is 5.75 Å². The normalized spacial score (nSPS) is 12.2. The van der Waals surface area contributed by atoms with Crippen molar-refractivity contribution in [3.05, 3.63) is 64.5 Å². The molecule has 0 heterocycles. The SMILES string of the molecule is CCOc1ccc(C)cc1C(Cl)c1ccc(C)cc1F. The Morgan fingerprint density at radius 1 is 1.05 bits per heavy atom. The number of aryl methyl sites for hydroxylation is 2. The van der Waals surface area contributed by atoms with Crippen LogP contribution in [0.5, 0.6) is 5.75 Å². The Morgan fingerprint density at radius 3 is 2.35 bits per heavy atom. The summed E-state index contributed by atoms with van der Waals surface area (Å²) in [5.41, 5.74) is 3.23. The number of benzene rings is 2. The maximum absolute atomic E-state index is 14.1. The Kier molecular flexibility index (Phi) is 4.66. The summed E-state index contributed by atoms with van der Waals surface area (Å²) in [6.07, 6.45) is 0. The third-order valence-electron chi connectivity index (χ3n) is 3.17. The molecule has 0 aliphatic rings. The van der Waals surface area contributed by atoms with Crippen molar-refractivity contribution in [2.45, 2.75) is 26.1 Å². The van der Waals surface area contributed by atoms with Gasteiger partial charge in [-0.1, -0.05) is 29.8 Å². The predicted octanol–water partition coefficient (Wildman–Crippen LogP) is 5.17. The highest BCUT2D eigenvalue weighted by molar-refractivity contribution is 6.22. The lowest BCUT2D eigenvalue weighted by atomic mass is 10.00. The molecule has 0 saturated heterocycles. The number of hydrogen-bond acceptors (Lipinski definition) is 1. The number of rotatable bonds is 4. The highest BCUT2D eigenvalue weighted by atomic mass is 35.5. The summed E-state index contributed by atoms with van der Waals surface area (Å²) in [6.45, 7) is 6.30. The summed E-state index contributed by atoms with van der Waals surface area (Å²) in [4.78, 5) is 0. The van der Waals surface area contributed by atoms with E-state index in [0.717, 1.165) is 16.7 Å². The van der Waals surface area contributed by atoms with E-state index in [4.69, 9.17) is 16.3 Å². The molecular weight excluding hydrogens is 275 g/mol. The lowest BCUT2D eigenvalue weighted by Crippen LogP contribution is -2.02. The molecule has 2 aromatic rings. The molecule has 0 aromatic heterocycles. The maximum Gasteiger partial charge on any atom is 0.128 e. The van der Waals surface area contributed by atoms with E-state index in [0.29, 0.717) is 17.9 Å². The van der Waals surface area contributed by atoms with E-state index in [2.05, 4.69) is 0 Å². The molecule has 0 fully saturated rings. The van der Waals surface area contributed by atoms with Crippen molar-refractivity contribution >= 4 is 11.6 Å². The molecule has 0 spiro atoms. The van der Waals surface area contributed by atoms with Gasteiger partial charge in [-0.15, -0.1) is 11.6 Å². The molecule has 20 heavy (non-hydrogen) atoms. The van der Waals surface area contributed by atoms with Crippen LogP contribution in [0.2, 0.25) is 0 Å². The van der Waals surface area contributed by atoms with Crippen LogP contribution in [0.15, 0.2) is 36.4 Å². The van der Waals surface area contributed by atoms with Gasteiger partial charge in [0, 0.05) is 11.1 Å². The Balaban J connectivity index is 2.46. The zero-order valence-corrected chi connectivity index (χ0v) is 12.7. The van der Waals surface area contributed by atoms with Gasteiger partial charge >= 0.3 is 0 Å². The summed E-state index contributed by atoms with van der Waals surface area (Å²) in [5.74, 6) is 0.423. The summed E-state index contributed by atoms with van der Waals surface area (Å²) >= 11 is 6.48. The topological polar surface area (TPSA) is 9.23 Å². The molecule has 0 radical (unpaired) electrons. The molecule has 0 N–H and O–H groups in total. The Bertz CT molecular complexity index is 610. The molecule has 2 rings (SSSR count). The molecule has 2 aromatic carbocycles. The number of alkyl halides is 1. The molecule has 1 atom stereocenters. The van der Waals surface area contributed by atoms with Crippen LogP contribution in [0.25, 0.3) is 0 Å². The average Bonchev–Trinajstić information content (AvgIpc) is 2.40. The lowest BCUT2D eigenvalue weighted by molar-refractivity contribution is 0.336. The van der Waals surface area contributed by atoms with E-state index in [1.807, 2.05) is 45.0 Å². The zero-order chi connectivity index (χ0) is 14.7. The maximum atomic E-state index is 14.1. The van der Waals surface area contributed by atoms with Crippen LogP contribution in [0, 0.1) is 19.7 Å². The third-order valence-corrected chi connectivity index (χ3v) is 3.64. The van der Waals surface area contributed by atoms with Crippen LogP contribution in [-0.4, -0.2) is 6.61 Å². The first-order chi connectivity index (χ1) is 9.52. The average molecular weight is 293 g/mol. The first-order valence-electron chi connectivity index (χ1n) is 6.66. The fourth-order valence-electron chi connectivity index (χ4n) is 2.16. The van der Waals surface area contributed by atoms with Gasteiger partial charge < -0.3 is 4.74 Å². The van der Waals surface area contributed by atoms with E-state index in [1.165, 1.54) is 6.07 Å². The van der Waals surface area contributed by atoms with E-state index >= 15 is 0 Å². The smallest absolute Gasteiger partial charge is 0.128 e. The van der Waals surface area contributed by atoms with Gasteiger partial charge in [0.15, 0.2) is 0 Å². The molecular formula is C17H18ClFO. The largest absolute Gasteiger partial charge is 0.494 e. The van der Waals surface area contributed by atoms with Gasteiger partial charge in [0.25, 0.3) is 0 Å². The Labute approximate surface area is 124 Å². The van der Waals surface area contributed by atoms with Gasteiger partial charge in [-0.25, -0.2) is 4.39 Å². The summed E-state index contributed by atoms with van der Waals surface area (Å²) in [6, 6.07) is 10.9. The van der Waals surface area contributed by atoms with Gasteiger partial charge in [-0.05, 0) is 38.5 Å². The quantitative estimate of drug-likeness (QED) is 0.706. The van der Waals surface area contributed by atoms with E-state index < -0.39 is 5.38 Å². The van der Waals surface area contributed by atoms with Gasteiger partial charge in [0.1, 0.15) is 11.6 Å². The van der Waals surface area contributed by atoms with Crippen molar-refractivity contribution in [2.75, 3.05) is 6.61 Å². The fourth-order valence-corrected chi connectivity index (χ4v) is 2.51. The van der Waals surface area contributed by atoms with Crippen LogP contribution in [0.3, 0.4) is 0 Å². The highest BCUT2D eigenvalue weighted by Crippen LogP contribution is 2.37. The lowest BCUT2D eigenvalue weighted by Gasteiger charge is -2.17. The standard InChI is InChI=1S/C17H18ClFO/c1-4-20-16-8-6-11(2)9-14(16)17(18)13-7-5-12(3)10-15(13)19/h5-10,17H,4H2,1-3H3. The minimum absolute atomic E-state index is 0.283. The van der Waals surface area contributed by atoms with E-state index in [9.17, 15) is 4.39 Å². The van der Waals surface area contributed by atoms with Crippen molar-refractivity contribution < 1.29 is 9.13 Å². The first kappa shape index (κ1) is 14.9. The van der Waals surface area contributed by atoms with E-state index in [1.54, 1.807) is 6.07 Å². The summed E-state index contributed by atoms with van der Waals surface area (Å²) in [5, 5.41) is -0.558. The van der Waals surface area contributed by atoms with Crippen LogP contribution in [0.4, 0.5) is 4.39 Å². The monoisotopic (exact) mass is 292 g/mol. The molecule has 0 aliphatic heterocycles. The van der Waals surface area contributed by atoms with Crippen molar-refractivity contribution in [1.82, 2.24) is 0 Å². The molecule has 0 aliphatic carbocycles. The van der Waals surface area contributed by atoms with Crippen molar-refractivity contribution in [3.63, 3.8) is 0 Å². The first-order valence-corrected chi connectivity index (χ1v) is 7.10. The zero-order valence-electron chi connectivity index (χ0n) is 11.9. The van der Waals surface area contributed by atoms with Gasteiger partial charge in [-0.3, -0.25) is 0 Å². The fraction of sp³-hybridized carbons (Fsp3) is 0.294. The Hall–Kier alpha value is -1.54. The van der Waals surface area contributed by atoms with Crippen LogP contribution in [-0.2, 0) is 0 Å². The van der Waals surface area contributed by atoms with Gasteiger partial charge in [-0.2, -0.15) is 0 Å². The molecule has 3 heteroatoms.